The maximum Gasteiger partial charge on any atom is 0.330 e. The Bertz CT molecular complexity index is 1330. The first-order valence-corrected chi connectivity index (χ1v) is 9.88. The smallest absolute Gasteiger partial charge is 0.330 e. The third-order valence-corrected chi connectivity index (χ3v) is 5.06. The molecule has 0 saturated carbocycles. The molecule has 0 bridgehead atoms. The van der Waals surface area contributed by atoms with Gasteiger partial charge in [0.05, 0.1) is 19.2 Å². The molecule has 4 rings (SSSR count). The van der Waals surface area contributed by atoms with Gasteiger partial charge in [-0.3, -0.25) is 13.9 Å². The lowest BCUT2D eigenvalue weighted by Gasteiger charge is -2.08. The minimum Gasteiger partial charge on any atom is -0.494 e. The van der Waals surface area contributed by atoms with E-state index in [1.807, 2.05) is 0 Å². The Labute approximate surface area is 181 Å². The van der Waals surface area contributed by atoms with Gasteiger partial charge in [0, 0.05) is 24.8 Å². The van der Waals surface area contributed by atoms with Crippen molar-refractivity contribution in [3.8, 4) is 5.75 Å². The van der Waals surface area contributed by atoms with Gasteiger partial charge in [-0.25, -0.2) is 18.6 Å². The Morgan fingerprint density at radius 1 is 1.09 bits per heavy atom. The minimum absolute atomic E-state index is 0.0492. The molecule has 0 radical (unpaired) electrons. The van der Waals surface area contributed by atoms with E-state index >= 15 is 0 Å². The van der Waals surface area contributed by atoms with E-state index in [0.29, 0.717) is 11.2 Å². The Kier molecular flexibility index (Phi) is 5.98. The van der Waals surface area contributed by atoms with Crippen LogP contribution >= 0.6 is 0 Å². The molecule has 32 heavy (non-hydrogen) atoms. The predicted octanol–water partition coefficient (Wildman–Crippen LogP) is 2.96. The average Bonchev–Trinajstić information content (AvgIpc) is 3.06. The summed E-state index contributed by atoms with van der Waals surface area (Å²) in [6.07, 6.45) is 1.58. The number of imidazole rings is 1. The fraction of sp³-hybridized carbons (Fsp3) is 0.174. The maximum absolute atomic E-state index is 13.8. The molecule has 2 aromatic heterocycles. The van der Waals surface area contributed by atoms with Gasteiger partial charge in [0.25, 0.3) is 5.91 Å². The summed E-state index contributed by atoms with van der Waals surface area (Å²) in [5, 5.41) is 2.68. The van der Waals surface area contributed by atoms with Gasteiger partial charge in [-0.2, -0.15) is 0 Å². The lowest BCUT2D eigenvalue weighted by molar-refractivity contribution is 0.0951. The Balaban J connectivity index is 1.52. The second-order valence-corrected chi connectivity index (χ2v) is 7.10. The molecule has 0 spiro atoms. The van der Waals surface area contributed by atoms with Crippen LogP contribution in [0.15, 0.2) is 65.6 Å². The van der Waals surface area contributed by atoms with Crippen LogP contribution in [0.25, 0.3) is 11.2 Å². The average molecular weight is 438 g/mol. The quantitative estimate of drug-likeness (QED) is 0.481. The van der Waals surface area contributed by atoms with Crippen molar-refractivity contribution in [2.75, 3.05) is 13.7 Å². The number of carbonyl (C=O) groups excluding carboxylic acids is 1. The molecular formula is C23H20F2N4O3. The number of nitrogens with zero attached hydrogens (tertiary/aromatic N) is 3. The lowest BCUT2D eigenvalue weighted by Crippen LogP contribution is -2.32. The first-order chi connectivity index (χ1) is 15.5. The summed E-state index contributed by atoms with van der Waals surface area (Å²) in [6, 6.07) is 13.4. The SMILES string of the molecule is COc1ccc(C(=O)NCCn2c(=O)n(Cc3ccc(F)cc3)c3cccnc32)cc1F. The maximum atomic E-state index is 13.8. The highest BCUT2D eigenvalue weighted by molar-refractivity contribution is 5.94. The number of rotatable bonds is 7. The fourth-order valence-electron chi connectivity index (χ4n) is 3.46. The van der Waals surface area contributed by atoms with Crippen LogP contribution in [0.1, 0.15) is 15.9 Å². The summed E-state index contributed by atoms with van der Waals surface area (Å²) in [6.45, 7) is 0.567. The van der Waals surface area contributed by atoms with Crippen molar-refractivity contribution in [3.63, 3.8) is 0 Å². The molecule has 1 amide bonds. The highest BCUT2D eigenvalue weighted by Crippen LogP contribution is 2.17. The molecular weight excluding hydrogens is 418 g/mol. The van der Waals surface area contributed by atoms with Crippen LogP contribution < -0.4 is 15.7 Å². The predicted molar refractivity (Wildman–Crippen MR) is 115 cm³/mol. The van der Waals surface area contributed by atoms with Crippen LogP contribution in [0.3, 0.4) is 0 Å². The zero-order chi connectivity index (χ0) is 22.7. The molecule has 0 aliphatic rings. The molecule has 4 aromatic rings. The molecule has 9 heteroatoms. The van der Waals surface area contributed by atoms with E-state index < -0.39 is 11.7 Å². The molecule has 0 fully saturated rings. The van der Waals surface area contributed by atoms with Gasteiger partial charge >= 0.3 is 5.69 Å². The van der Waals surface area contributed by atoms with Crippen molar-refractivity contribution in [2.45, 2.75) is 13.1 Å². The van der Waals surface area contributed by atoms with Crippen LogP contribution in [-0.4, -0.2) is 33.7 Å². The molecule has 0 atom stereocenters. The summed E-state index contributed by atoms with van der Waals surface area (Å²) in [7, 11) is 1.34. The molecule has 2 aromatic carbocycles. The Morgan fingerprint density at radius 2 is 1.88 bits per heavy atom. The number of carbonyl (C=O) groups is 1. The third kappa shape index (κ3) is 4.22. The monoisotopic (exact) mass is 438 g/mol. The number of hydrogen-bond donors (Lipinski definition) is 1. The molecule has 0 aliphatic heterocycles. The number of ether oxygens (including phenoxy) is 1. The van der Waals surface area contributed by atoms with Crippen molar-refractivity contribution >= 4 is 17.1 Å². The van der Waals surface area contributed by atoms with E-state index in [9.17, 15) is 18.4 Å². The zero-order valence-electron chi connectivity index (χ0n) is 17.2. The van der Waals surface area contributed by atoms with Gasteiger partial charge in [-0.15, -0.1) is 0 Å². The number of halogens is 2. The van der Waals surface area contributed by atoms with E-state index in [1.165, 1.54) is 35.9 Å². The van der Waals surface area contributed by atoms with E-state index in [-0.39, 0.29) is 42.5 Å². The van der Waals surface area contributed by atoms with E-state index in [1.54, 1.807) is 35.0 Å². The third-order valence-electron chi connectivity index (χ3n) is 5.06. The summed E-state index contributed by atoms with van der Waals surface area (Å²) >= 11 is 0. The van der Waals surface area contributed by atoms with Crippen molar-refractivity contribution in [1.82, 2.24) is 19.4 Å². The first-order valence-electron chi connectivity index (χ1n) is 9.88. The number of benzene rings is 2. The van der Waals surface area contributed by atoms with Crippen LogP contribution in [0.5, 0.6) is 5.75 Å². The van der Waals surface area contributed by atoms with Crippen LogP contribution in [0.4, 0.5) is 8.78 Å². The normalized spacial score (nSPS) is 11.0. The molecule has 0 unspecified atom stereocenters. The zero-order valence-corrected chi connectivity index (χ0v) is 17.2. The van der Waals surface area contributed by atoms with Gasteiger partial charge in [0.2, 0.25) is 0 Å². The fourth-order valence-corrected chi connectivity index (χ4v) is 3.46. The summed E-state index contributed by atoms with van der Waals surface area (Å²) in [5.41, 5.74) is 1.72. The largest absolute Gasteiger partial charge is 0.494 e. The molecule has 2 heterocycles. The van der Waals surface area contributed by atoms with E-state index in [4.69, 9.17) is 4.74 Å². The Morgan fingerprint density at radius 3 is 2.59 bits per heavy atom. The number of amides is 1. The first kappa shape index (κ1) is 21.2. The van der Waals surface area contributed by atoms with Crippen molar-refractivity contribution in [2.24, 2.45) is 0 Å². The summed E-state index contributed by atoms with van der Waals surface area (Å²) in [4.78, 5) is 29.7. The number of nitrogens with one attached hydrogen (secondary N) is 1. The van der Waals surface area contributed by atoms with Gasteiger partial charge in [0.15, 0.2) is 17.2 Å². The van der Waals surface area contributed by atoms with E-state index in [2.05, 4.69) is 10.3 Å². The van der Waals surface area contributed by atoms with Crippen molar-refractivity contribution in [3.05, 3.63) is 94.0 Å². The Hall–Kier alpha value is -4.01. The highest BCUT2D eigenvalue weighted by atomic mass is 19.1. The van der Waals surface area contributed by atoms with Gasteiger partial charge in [-0.1, -0.05) is 12.1 Å². The number of aromatic nitrogens is 3. The van der Waals surface area contributed by atoms with Gasteiger partial charge < -0.3 is 10.1 Å². The topological polar surface area (TPSA) is 78.1 Å². The number of hydrogen-bond acceptors (Lipinski definition) is 4. The summed E-state index contributed by atoms with van der Waals surface area (Å²) in [5.74, 6) is -1.40. The van der Waals surface area contributed by atoms with Gasteiger partial charge in [-0.05, 0) is 48.0 Å². The van der Waals surface area contributed by atoms with Crippen LogP contribution in [0.2, 0.25) is 0 Å². The molecule has 0 aliphatic carbocycles. The van der Waals surface area contributed by atoms with E-state index in [0.717, 1.165) is 11.6 Å². The minimum atomic E-state index is -0.635. The van der Waals surface area contributed by atoms with Gasteiger partial charge in [0.1, 0.15) is 5.82 Å². The van der Waals surface area contributed by atoms with Crippen LogP contribution in [-0.2, 0) is 13.1 Å². The lowest BCUT2D eigenvalue weighted by atomic mass is 10.2. The molecule has 7 nitrogen and oxygen atoms in total. The number of fused-ring (bicyclic) bond motifs is 1. The second kappa shape index (κ2) is 9.01. The summed E-state index contributed by atoms with van der Waals surface area (Å²) < 4.78 is 34.9. The highest BCUT2D eigenvalue weighted by Gasteiger charge is 2.15. The van der Waals surface area contributed by atoms with Crippen LogP contribution in [0, 0.1) is 11.6 Å². The second-order valence-electron chi connectivity index (χ2n) is 7.10. The van der Waals surface area contributed by atoms with Crippen molar-refractivity contribution in [1.29, 1.82) is 0 Å². The molecule has 1 N–H and O–H groups in total. The number of pyridine rings is 1. The molecule has 164 valence electrons. The molecule has 0 saturated heterocycles. The van der Waals surface area contributed by atoms with Crippen molar-refractivity contribution < 1.29 is 18.3 Å². The standard InChI is InChI=1S/C23H20F2N4O3/c1-32-20-9-6-16(13-18(20)25)22(30)27-11-12-28-21-19(3-2-10-26-21)29(23(28)31)14-15-4-7-17(24)8-5-15/h2-10,13H,11-12,14H2,1H3,(H,27,30). The number of methoxy groups -OCH3 is 1.